The summed E-state index contributed by atoms with van der Waals surface area (Å²) in [5.74, 6) is 0. The van der Waals surface area contributed by atoms with E-state index in [2.05, 4.69) is 14.7 Å². The highest BCUT2D eigenvalue weighted by atomic mass is 35.5. The first-order valence-electron chi connectivity index (χ1n) is 3.26. The Hall–Kier alpha value is -0.720. The molecular weight excluding hydrogens is 216 g/mol. The third-order valence-electron chi connectivity index (χ3n) is 1.28. The minimum Gasteiger partial charge on any atom is -0.352 e. The van der Waals surface area contributed by atoms with E-state index in [4.69, 9.17) is 11.6 Å². The van der Waals surface area contributed by atoms with Gasteiger partial charge in [0.15, 0.2) is 5.03 Å². The SMILES string of the molecule is COC(Cl)S(=O)(=O)c1ccncn1. The molecule has 0 saturated carbocycles. The van der Waals surface area contributed by atoms with E-state index < -0.39 is 14.7 Å². The molecule has 5 nitrogen and oxygen atoms in total. The minimum atomic E-state index is -3.70. The van der Waals surface area contributed by atoms with Crippen LogP contribution in [0.4, 0.5) is 0 Å². The molecule has 0 radical (unpaired) electrons. The first-order valence-corrected chi connectivity index (χ1v) is 5.24. The lowest BCUT2D eigenvalue weighted by atomic mass is 10.7. The Bertz CT molecular complexity index is 367. The van der Waals surface area contributed by atoms with Crippen LogP contribution in [0.1, 0.15) is 0 Å². The highest BCUT2D eigenvalue weighted by Crippen LogP contribution is 2.15. The number of ether oxygens (including phenoxy) is 1. The van der Waals surface area contributed by atoms with Crippen molar-refractivity contribution in [2.24, 2.45) is 0 Å². The highest BCUT2D eigenvalue weighted by Gasteiger charge is 2.26. The van der Waals surface area contributed by atoms with Gasteiger partial charge in [0, 0.05) is 13.3 Å². The van der Waals surface area contributed by atoms with Gasteiger partial charge in [0.2, 0.25) is 14.7 Å². The molecule has 1 heterocycles. The molecular formula is C6H7ClN2O3S. The van der Waals surface area contributed by atoms with Crippen molar-refractivity contribution >= 4 is 21.4 Å². The Morgan fingerprint density at radius 1 is 1.62 bits per heavy atom. The predicted octanol–water partition coefficient (Wildman–Crippen LogP) is 0.419. The van der Waals surface area contributed by atoms with E-state index in [-0.39, 0.29) is 5.03 Å². The zero-order valence-electron chi connectivity index (χ0n) is 6.71. The number of aromatic nitrogens is 2. The van der Waals surface area contributed by atoms with Gasteiger partial charge in [0.1, 0.15) is 6.33 Å². The van der Waals surface area contributed by atoms with Crippen LogP contribution in [0.3, 0.4) is 0 Å². The van der Waals surface area contributed by atoms with Crippen LogP contribution in [0.2, 0.25) is 0 Å². The molecule has 7 heteroatoms. The molecule has 13 heavy (non-hydrogen) atoms. The van der Waals surface area contributed by atoms with Crippen molar-refractivity contribution in [3.63, 3.8) is 0 Å². The van der Waals surface area contributed by atoms with Crippen LogP contribution in [0.25, 0.3) is 0 Å². The molecule has 1 aromatic heterocycles. The first-order chi connectivity index (χ1) is 6.09. The van der Waals surface area contributed by atoms with Crippen molar-refractivity contribution < 1.29 is 13.2 Å². The van der Waals surface area contributed by atoms with Gasteiger partial charge in [-0.15, -0.1) is 0 Å². The summed E-state index contributed by atoms with van der Waals surface area (Å²) < 4.78 is 27.3. The third kappa shape index (κ3) is 2.15. The number of methoxy groups -OCH3 is 1. The summed E-state index contributed by atoms with van der Waals surface area (Å²) in [7, 11) is -2.49. The molecule has 0 amide bonds. The second kappa shape index (κ2) is 3.99. The molecule has 72 valence electrons. The van der Waals surface area contributed by atoms with Gasteiger partial charge < -0.3 is 4.74 Å². The van der Waals surface area contributed by atoms with Crippen molar-refractivity contribution in [2.45, 2.75) is 9.92 Å². The Morgan fingerprint density at radius 3 is 2.77 bits per heavy atom. The van der Waals surface area contributed by atoms with Gasteiger partial charge in [-0.1, -0.05) is 11.6 Å². The number of halogens is 1. The lowest BCUT2D eigenvalue weighted by Crippen LogP contribution is -2.18. The van der Waals surface area contributed by atoms with Gasteiger partial charge in [-0.2, -0.15) is 0 Å². The van der Waals surface area contributed by atoms with Crippen molar-refractivity contribution in [1.29, 1.82) is 0 Å². The molecule has 0 aliphatic heterocycles. The van der Waals surface area contributed by atoms with E-state index in [9.17, 15) is 8.42 Å². The van der Waals surface area contributed by atoms with Crippen LogP contribution >= 0.6 is 11.6 Å². The Kier molecular flexibility index (Phi) is 3.18. The standard InChI is InChI=1S/C6H7ClN2O3S/c1-12-6(7)13(10,11)5-2-3-8-4-9-5/h2-4,6H,1H3. The summed E-state index contributed by atoms with van der Waals surface area (Å²) in [5, 5.41) is -0.149. The van der Waals surface area contributed by atoms with Crippen LogP contribution in [0.15, 0.2) is 23.6 Å². The van der Waals surface area contributed by atoms with E-state index >= 15 is 0 Å². The third-order valence-corrected chi connectivity index (χ3v) is 3.66. The molecule has 0 spiro atoms. The maximum absolute atomic E-state index is 11.4. The topological polar surface area (TPSA) is 69.2 Å². The van der Waals surface area contributed by atoms with Crippen molar-refractivity contribution in [3.05, 3.63) is 18.6 Å². The Labute approximate surface area is 80.6 Å². The van der Waals surface area contributed by atoms with E-state index in [0.717, 1.165) is 6.33 Å². The lowest BCUT2D eigenvalue weighted by molar-refractivity contribution is 0.220. The molecule has 1 atom stereocenters. The van der Waals surface area contributed by atoms with Crippen LogP contribution < -0.4 is 0 Å². The molecule has 0 fully saturated rings. The Morgan fingerprint density at radius 2 is 2.31 bits per heavy atom. The molecule has 0 saturated heterocycles. The van der Waals surface area contributed by atoms with Gasteiger partial charge in [0.25, 0.3) is 0 Å². The van der Waals surface area contributed by atoms with Crippen LogP contribution in [-0.2, 0) is 14.6 Å². The van der Waals surface area contributed by atoms with Crippen molar-refractivity contribution in [2.75, 3.05) is 7.11 Å². The van der Waals surface area contributed by atoms with E-state index in [1.807, 2.05) is 0 Å². The number of sulfone groups is 1. The smallest absolute Gasteiger partial charge is 0.239 e. The lowest BCUT2D eigenvalue weighted by Gasteiger charge is -2.06. The fourth-order valence-electron chi connectivity index (χ4n) is 0.668. The minimum absolute atomic E-state index is 0.149. The maximum atomic E-state index is 11.4. The van der Waals surface area contributed by atoms with E-state index in [0.29, 0.717) is 0 Å². The zero-order valence-corrected chi connectivity index (χ0v) is 8.29. The van der Waals surface area contributed by atoms with E-state index in [1.54, 1.807) is 0 Å². The highest BCUT2D eigenvalue weighted by molar-refractivity contribution is 7.93. The largest absolute Gasteiger partial charge is 0.352 e. The number of rotatable bonds is 3. The molecule has 0 bridgehead atoms. The summed E-state index contributed by atoms with van der Waals surface area (Å²) in [5.41, 5.74) is 0. The number of alkyl halides is 1. The molecule has 0 aliphatic carbocycles. The summed E-state index contributed by atoms with van der Waals surface area (Å²) in [6, 6.07) is 1.25. The summed E-state index contributed by atoms with van der Waals surface area (Å²) in [4.78, 5) is 5.73. The number of nitrogens with zero attached hydrogens (tertiary/aromatic N) is 2. The van der Waals surface area contributed by atoms with Gasteiger partial charge in [-0.3, -0.25) is 0 Å². The predicted molar refractivity (Wildman–Crippen MR) is 45.9 cm³/mol. The summed E-state index contributed by atoms with van der Waals surface area (Å²) in [6.07, 6.45) is 2.45. The van der Waals surface area contributed by atoms with Crippen molar-refractivity contribution in [1.82, 2.24) is 9.97 Å². The first kappa shape index (κ1) is 10.4. The molecule has 1 rings (SSSR count). The number of hydrogen-bond acceptors (Lipinski definition) is 5. The summed E-state index contributed by atoms with van der Waals surface area (Å²) in [6.45, 7) is 0. The van der Waals surface area contributed by atoms with Gasteiger partial charge in [0.05, 0.1) is 0 Å². The van der Waals surface area contributed by atoms with Gasteiger partial charge >= 0.3 is 0 Å². The second-order valence-electron chi connectivity index (χ2n) is 2.10. The molecule has 0 aliphatic rings. The molecule has 1 unspecified atom stereocenters. The molecule has 1 aromatic rings. The fourth-order valence-corrected chi connectivity index (χ4v) is 1.83. The monoisotopic (exact) mass is 222 g/mol. The van der Waals surface area contributed by atoms with Crippen LogP contribution in [0.5, 0.6) is 0 Å². The van der Waals surface area contributed by atoms with Crippen molar-refractivity contribution in [3.8, 4) is 0 Å². The quantitative estimate of drug-likeness (QED) is 0.548. The van der Waals surface area contributed by atoms with E-state index in [1.165, 1.54) is 19.4 Å². The summed E-state index contributed by atoms with van der Waals surface area (Å²) >= 11 is 5.42. The molecule has 0 N–H and O–H groups in total. The number of hydrogen-bond donors (Lipinski definition) is 0. The average molecular weight is 223 g/mol. The molecule has 0 aromatic carbocycles. The Balaban J connectivity index is 3.09. The van der Waals surface area contributed by atoms with Gasteiger partial charge in [-0.05, 0) is 6.07 Å². The average Bonchev–Trinajstić information content (AvgIpc) is 2.18. The van der Waals surface area contributed by atoms with Crippen LogP contribution in [0, 0.1) is 0 Å². The fraction of sp³-hybridized carbons (Fsp3) is 0.333. The maximum Gasteiger partial charge on any atom is 0.239 e. The van der Waals surface area contributed by atoms with Gasteiger partial charge in [-0.25, -0.2) is 18.4 Å². The van der Waals surface area contributed by atoms with Crippen LogP contribution in [-0.4, -0.2) is 30.4 Å². The second-order valence-corrected chi connectivity index (χ2v) is 4.69. The normalized spacial score (nSPS) is 14.0. The zero-order chi connectivity index (χ0) is 9.90.